The number of hydrogen-bond acceptors (Lipinski definition) is 3. The average molecular weight is 487 g/mol. The third-order valence-electron chi connectivity index (χ3n) is 6.67. The summed E-state index contributed by atoms with van der Waals surface area (Å²) in [5.74, 6) is -1.44. The number of fused-ring (bicyclic) bond motifs is 1. The van der Waals surface area contributed by atoms with E-state index in [2.05, 4.69) is 10.2 Å². The van der Waals surface area contributed by atoms with E-state index in [1.807, 2.05) is 30.3 Å². The lowest BCUT2D eigenvalue weighted by atomic mass is 9.73. The number of aromatic nitrogens is 2. The number of ether oxygens (including phenoxy) is 1. The van der Waals surface area contributed by atoms with Gasteiger partial charge in [0.2, 0.25) is 5.95 Å². The van der Waals surface area contributed by atoms with Gasteiger partial charge in [-0.25, -0.2) is 9.18 Å². The Bertz CT molecular complexity index is 1500. The molecule has 5 rings (SSSR count). The Hall–Kier alpha value is -4.26. The van der Waals surface area contributed by atoms with Crippen molar-refractivity contribution in [3.8, 4) is 5.75 Å². The monoisotopic (exact) mass is 486 g/mol. The number of hydrogen-bond donors (Lipinski definition) is 2. The molecule has 7 heteroatoms. The number of carboxylic acid groups (broad SMARTS) is 1. The van der Waals surface area contributed by atoms with Crippen LogP contribution >= 0.6 is 0 Å². The second-order valence-electron chi connectivity index (χ2n) is 8.83. The molecule has 1 aliphatic carbocycles. The summed E-state index contributed by atoms with van der Waals surface area (Å²) in [7, 11) is 1.50. The summed E-state index contributed by atoms with van der Waals surface area (Å²) in [4.78, 5) is 10.9. The summed E-state index contributed by atoms with van der Waals surface area (Å²) in [6.45, 7) is 0. The molecule has 0 saturated heterocycles. The molecule has 5 nitrogen and oxygen atoms in total. The number of carboxylic acids is 1. The molecule has 4 aromatic rings. The summed E-state index contributed by atoms with van der Waals surface area (Å²) in [5, 5.41) is 15.7. The van der Waals surface area contributed by atoms with Gasteiger partial charge in [-0.15, -0.1) is 5.10 Å². The topological polar surface area (TPSA) is 75.2 Å². The van der Waals surface area contributed by atoms with Crippen LogP contribution in [-0.2, 0) is 4.79 Å². The molecule has 0 spiro atoms. The van der Waals surface area contributed by atoms with Gasteiger partial charge in [-0.1, -0.05) is 36.8 Å². The van der Waals surface area contributed by atoms with Crippen molar-refractivity contribution in [1.82, 2.24) is 10.2 Å². The molecule has 1 aromatic heterocycles. The maximum absolute atomic E-state index is 15.5. The number of methoxy groups -OCH3 is 1. The maximum Gasteiger partial charge on any atom is 0.328 e. The van der Waals surface area contributed by atoms with E-state index in [1.165, 1.54) is 19.3 Å². The minimum absolute atomic E-state index is 0.138. The van der Waals surface area contributed by atoms with Gasteiger partial charge in [-0.3, -0.25) is 5.10 Å². The number of halogens is 2. The molecular formula is C29H24F2N2O3. The summed E-state index contributed by atoms with van der Waals surface area (Å²) in [6.07, 6.45) is 5.48. The molecule has 1 fully saturated rings. The highest BCUT2D eigenvalue weighted by Gasteiger charge is 2.29. The van der Waals surface area contributed by atoms with Crippen LogP contribution in [0.15, 0.2) is 66.7 Å². The van der Waals surface area contributed by atoms with Gasteiger partial charge in [0.05, 0.1) is 18.0 Å². The SMILES string of the molecule is COc1ccc(/C(=C(\c2ccc(/C=C/C(=O)O)cc2)c2ccc3[nH]nc(F)c3c2)C2CCC2)c(F)c1. The number of rotatable bonds is 7. The van der Waals surface area contributed by atoms with Crippen molar-refractivity contribution < 1.29 is 23.4 Å². The van der Waals surface area contributed by atoms with E-state index in [4.69, 9.17) is 9.84 Å². The smallest absolute Gasteiger partial charge is 0.328 e. The third-order valence-corrected chi connectivity index (χ3v) is 6.67. The molecule has 36 heavy (non-hydrogen) atoms. The first-order valence-corrected chi connectivity index (χ1v) is 11.7. The molecule has 0 radical (unpaired) electrons. The molecule has 3 aromatic carbocycles. The van der Waals surface area contributed by atoms with E-state index in [0.717, 1.165) is 53.2 Å². The molecule has 0 unspecified atom stereocenters. The van der Waals surface area contributed by atoms with E-state index in [9.17, 15) is 9.18 Å². The van der Waals surface area contributed by atoms with Crippen molar-refractivity contribution in [3.63, 3.8) is 0 Å². The zero-order chi connectivity index (χ0) is 25.2. The predicted molar refractivity (Wildman–Crippen MR) is 135 cm³/mol. The van der Waals surface area contributed by atoms with Crippen LogP contribution in [0.1, 0.15) is 41.5 Å². The fourth-order valence-electron chi connectivity index (χ4n) is 4.64. The fraction of sp³-hybridized carbons (Fsp3) is 0.172. The molecular weight excluding hydrogens is 462 g/mol. The second kappa shape index (κ2) is 9.77. The van der Waals surface area contributed by atoms with E-state index >= 15 is 4.39 Å². The quantitative estimate of drug-likeness (QED) is 0.225. The van der Waals surface area contributed by atoms with Gasteiger partial charge < -0.3 is 9.84 Å². The van der Waals surface area contributed by atoms with E-state index in [0.29, 0.717) is 22.2 Å². The number of H-pyrrole nitrogens is 1. The number of allylic oxidation sites excluding steroid dienone is 1. The van der Waals surface area contributed by atoms with Crippen molar-refractivity contribution in [2.24, 2.45) is 5.92 Å². The second-order valence-corrected chi connectivity index (χ2v) is 8.83. The van der Waals surface area contributed by atoms with Crippen molar-refractivity contribution in [1.29, 1.82) is 0 Å². The van der Waals surface area contributed by atoms with Crippen molar-refractivity contribution in [2.45, 2.75) is 19.3 Å². The van der Waals surface area contributed by atoms with Gasteiger partial charge in [0.25, 0.3) is 0 Å². The number of aromatic amines is 1. The number of nitrogens with one attached hydrogen (secondary N) is 1. The largest absolute Gasteiger partial charge is 0.497 e. The number of nitrogens with zero attached hydrogens (tertiary/aromatic N) is 1. The van der Waals surface area contributed by atoms with Crippen LogP contribution in [0.25, 0.3) is 28.1 Å². The van der Waals surface area contributed by atoms with Crippen molar-refractivity contribution >= 4 is 34.1 Å². The number of benzene rings is 3. The first kappa shape index (κ1) is 23.5. The summed E-state index contributed by atoms with van der Waals surface area (Å²) in [5.41, 5.74) is 5.01. The van der Waals surface area contributed by atoms with E-state index in [1.54, 1.807) is 24.3 Å². The van der Waals surface area contributed by atoms with Gasteiger partial charge in [0.15, 0.2) is 0 Å². The summed E-state index contributed by atoms with van der Waals surface area (Å²) in [6, 6.07) is 17.6. The van der Waals surface area contributed by atoms with Crippen LogP contribution in [0.2, 0.25) is 0 Å². The lowest BCUT2D eigenvalue weighted by Crippen LogP contribution is -2.16. The molecule has 182 valence electrons. The first-order valence-electron chi connectivity index (χ1n) is 11.7. The Labute approximate surface area is 206 Å². The average Bonchev–Trinajstić information content (AvgIpc) is 3.22. The Balaban J connectivity index is 1.76. The molecule has 1 heterocycles. The Kier molecular flexibility index (Phi) is 6.38. The van der Waals surface area contributed by atoms with Crippen LogP contribution in [0.4, 0.5) is 8.78 Å². The molecule has 0 amide bonds. The molecule has 1 aliphatic rings. The lowest BCUT2D eigenvalue weighted by Gasteiger charge is -2.32. The highest BCUT2D eigenvalue weighted by atomic mass is 19.1. The van der Waals surface area contributed by atoms with Crippen LogP contribution in [0, 0.1) is 17.7 Å². The molecule has 1 saturated carbocycles. The van der Waals surface area contributed by atoms with Crippen LogP contribution in [0.5, 0.6) is 5.75 Å². The minimum atomic E-state index is -1.03. The molecule has 0 atom stereocenters. The number of carbonyl (C=O) groups is 1. The van der Waals surface area contributed by atoms with Gasteiger partial charge in [0.1, 0.15) is 11.6 Å². The zero-order valence-electron chi connectivity index (χ0n) is 19.6. The van der Waals surface area contributed by atoms with Crippen LogP contribution in [0.3, 0.4) is 0 Å². The van der Waals surface area contributed by atoms with Crippen molar-refractivity contribution in [3.05, 3.63) is 101 Å². The highest BCUT2D eigenvalue weighted by molar-refractivity contribution is 6.01. The number of aliphatic carboxylic acids is 1. The van der Waals surface area contributed by atoms with E-state index in [-0.39, 0.29) is 11.7 Å². The standard InChI is InChI=1S/C29H24F2N2O3/c1-36-21-11-12-22(24(30)16-21)28(18-3-2-4-18)27(19-8-5-17(6-9-19)7-14-26(34)35)20-10-13-25-23(15-20)29(31)33-32-25/h5-16,18H,2-4H2,1H3,(H,32,33)(H,34,35)/b14-7+,28-27+. The minimum Gasteiger partial charge on any atom is -0.497 e. The van der Waals surface area contributed by atoms with Gasteiger partial charge in [-0.05, 0) is 76.9 Å². The van der Waals surface area contributed by atoms with Crippen LogP contribution < -0.4 is 4.74 Å². The van der Waals surface area contributed by atoms with Gasteiger partial charge >= 0.3 is 5.97 Å². The van der Waals surface area contributed by atoms with Crippen LogP contribution in [-0.4, -0.2) is 28.4 Å². The summed E-state index contributed by atoms with van der Waals surface area (Å²) < 4.78 is 35.1. The van der Waals surface area contributed by atoms with Crippen molar-refractivity contribution in [2.75, 3.05) is 7.11 Å². The molecule has 0 aliphatic heterocycles. The predicted octanol–water partition coefficient (Wildman–Crippen LogP) is 6.71. The normalized spacial score (nSPS) is 14.6. The zero-order valence-corrected chi connectivity index (χ0v) is 19.6. The highest BCUT2D eigenvalue weighted by Crippen LogP contribution is 2.46. The van der Waals surface area contributed by atoms with Gasteiger partial charge in [-0.2, -0.15) is 4.39 Å². The Morgan fingerprint density at radius 3 is 2.44 bits per heavy atom. The van der Waals surface area contributed by atoms with E-state index < -0.39 is 11.9 Å². The Morgan fingerprint density at radius 1 is 1.06 bits per heavy atom. The van der Waals surface area contributed by atoms with Gasteiger partial charge in [0, 0.05) is 17.7 Å². The first-order chi connectivity index (χ1) is 17.4. The maximum atomic E-state index is 15.5. The lowest BCUT2D eigenvalue weighted by molar-refractivity contribution is -0.131. The fourth-order valence-corrected chi connectivity index (χ4v) is 4.64. The summed E-state index contributed by atoms with van der Waals surface area (Å²) >= 11 is 0. The molecule has 0 bridgehead atoms. The Morgan fingerprint density at radius 2 is 1.81 bits per heavy atom. The molecule has 2 N–H and O–H groups in total. The third kappa shape index (κ3) is 4.52.